The average molecular weight is 274 g/mol. The molecule has 1 fully saturated rings. The molecule has 0 spiro atoms. The summed E-state index contributed by atoms with van der Waals surface area (Å²) in [5.41, 5.74) is 2.54. The van der Waals surface area contributed by atoms with Crippen LogP contribution in [0.4, 0.5) is 0 Å². The quantitative estimate of drug-likeness (QED) is 0.882. The number of fused-ring (bicyclic) bond motifs is 1. The van der Waals surface area contributed by atoms with Crippen LogP contribution in [0.5, 0.6) is 5.75 Å². The molecule has 1 aliphatic heterocycles. The van der Waals surface area contributed by atoms with Gasteiger partial charge in [0.1, 0.15) is 5.75 Å². The van der Waals surface area contributed by atoms with Crippen molar-refractivity contribution >= 4 is 5.91 Å². The summed E-state index contributed by atoms with van der Waals surface area (Å²) in [6.45, 7) is 3.84. The Bertz CT molecular complexity index is 515. The lowest BCUT2D eigenvalue weighted by Gasteiger charge is -2.25. The fourth-order valence-electron chi connectivity index (χ4n) is 3.40. The minimum absolute atomic E-state index is 0.287. The first-order valence-electron chi connectivity index (χ1n) is 7.49. The van der Waals surface area contributed by atoms with Crippen molar-refractivity contribution in [3.05, 3.63) is 29.3 Å². The van der Waals surface area contributed by atoms with E-state index in [1.54, 1.807) is 6.07 Å². The Morgan fingerprint density at radius 2 is 2.30 bits per heavy atom. The van der Waals surface area contributed by atoms with E-state index in [-0.39, 0.29) is 5.91 Å². The van der Waals surface area contributed by atoms with Crippen molar-refractivity contribution in [1.29, 1.82) is 0 Å². The minimum atomic E-state index is 0.287. The van der Waals surface area contributed by atoms with Crippen molar-refractivity contribution in [3.8, 4) is 5.75 Å². The molecule has 4 nitrogen and oxygen atoms in total. The zero-order valence-corrected chi connectivity index (χ0v) is 11.9. The van der Waals surface area contributed by atoms with Gasteiger partial charge >= 0.3 is 0 Å². The molecule has 1 aromatic carbocycles. The lowest BCUT2D eigenvalue weighted by atomic mass is 10.1. The number of carbonyl (C=O) groups excluding carboxylic acids is 1. The van der Waals surface area contributed by atoms with E-state index in [0.717, 1.165) is 32.4 Å². The van der Waals surface area contributed by atoms with Gasteiger partial charge in [0.2, 0.25) is 5.91 Å². The van der Waals surface area contributed by atoms with Gasteiger partial charge < -0.3 is 15.3 Å². The highest BCUT2D eigenvalue weighted by Gasteiger charge is 2.26. The van der Waals surface area contributed by atoms with Gasteiger partial charge in [-0.05, 0) is 49.4 Å². The molecule has 108 valence electrons. The number of carbonyl (C=O) groups is 1. The highest BCUT2D eigenvalue weighted by atomic mass is 16.3. The molecule has 0 saturated carbocycles. The van der Waals surface area contributed by atoms with E-state index in [9.17, 15) is 9.90 Å². The lowest BCUT2D eigenvalue weighted by Crippen LogP contribution is -2.40. The third-order valence-corrected chi connectivity index (χ3v) is 4.36. The van der Waals surface area contributed by atoms with E-state index >= 15 is 0 Å². The monoisotopic (exact) mass is 274 g/mol. The maximum absolute atomic E-state index is 11.7. The molecule has 1 amide bonds. The van der Waals surface area contributed by atoms with Crippen LogP contribution in [0.2, 0.25) is 0 Å². The van der Waals surface area contributed by atoms with Gasteiger partial charge in [0, 0.05) is 31.6 Å². The van der Waals surface area contributed by atoms with Gasteiger partial charge in [-0.25, -0.2) is 0 Å². The van der Waals surface area contributed by atoms with Crippen LogP contribution in [0, 0.1) is 0 Å². The molecule has 0 aromatic heterocycles. The predicted molar refractivity (Wildman–Crippen MR) is 77.6 cm³/mol. The summed E-state index contributed by atoms with van der Waals surface area (Å²) in [5.74, 6) is 0.635. The second kappa shape index (κ2) is 5.44. The smallest absolute Gasteiger partial charge is 0.222 e. The molecule has 2 unspecified atom stereocenters. The predicted octanol–water partition coefficient (Wildman–Crippen LogP) is 1.98. The van der Waals surface area contributed by atoms with Gasteiger partial charge in [0.05, 0.1) is 0 Å². The zero-order chi connectivity index (χ0) is 14.1. The molecule has 0 bridgehead atoms. The Morgan fingerprint density at radius 1 is 1.45 bits per heavy atom. The maximum atomic E-state index is 11.7. The molecule has 1 heterocycles. The van der Waals surface area contributed by atoms with E-state index in [0.29, 0.717) is 24.3 Å². The van der Waals surface area contributed by atoms with Gasteiger partial charge in [-0.3, -0.25) is 4.79 Å². The Hall–Kier alpha value is -1.55. The summed E-state index contributed by atoms with van der Waals surface area (Å²) >= 11 is 0. The van der Waals surface area contributed by atoms with Gasteiger partial charge in [-0.2, -0.15) is 0 Å². The molecule has 0 radical (unpaired) electrons. The number of likely N-dealkylation sites (tertiary alicyclic amines) is 1. The van der Waals surface area contributed by atoms with Gasteiger partial charge in [0.25, 0.3) is 0 Å². The van der Waals surface area contributed by atoms with Crippen LogP contribution in [0.1, 0.15) is 43.4 Å². The van der Waals surface area contributed by atoms with Crippen molar-refractivity contribution in [3.63, 3.8) is 0 Å². The van der Waals surface area contributed by atoms with Crippen LogP contribution in [0.15, 0.2) is 18.2 Å². The van der Waals surface area contributed by atoms with Crippen molar-refractivity contribution in [2.24, 2.45) is 0 Å². The number of amides is 1. The largest absolute Gasteiger partial charge is 0.508 e. The number of phenolic OH excluding ortho intramolecular Hbond substituents is 1. The zero-order valence-electron chi connectivity index (χ0n) is 11.9. The maximum Gasteiger partial charge on any atom is 0.222 e. The number of benzene rings is 1. The van der Waals surface area contributed by atoms with Crippen LogP contribution in [0.25, 0.3) is 0 Å². The summed E-state index contributed by atoms with van der Waals surface area (Å²) in [4.78, 5) is 13.6. The van der Waals surface area contributed by atoms with E-state index in [1.807, 2.05) is 17.0 Å². The first-order chi connectivity index (χ1) is 9.63. The third kappa shape index (κ3) is 2.66. The summed E-state index contributed by atoms with van der Waals surface area (Å²) in [6, 6.07) is 6.28. The molecular formula is C16H22N2O2. The number of nitrogens with one attached hydrogen (secondary N) is 1. The molecule has 1 aromatic rings. The summed E-state index contributed by atoms with van der Waals surface area (Å²) in [7, 11) is 0. The van der Waals surface area contributed by atoms with Crippen LogP contribution in [0.3, 0.4) is 0 Å². The Morgan fingerprint density at radius 3 is 3.05 bits per heavy atom. The van der Waals surface area contributed by atoms with E-state index < -0.39 is 0 Å². The van der Waals surface area contributed by atoms with Crippen molar-refractivity contribution in [1.82, 2.24) is 10.2 Å². The topological polar surface area (TPSA) is 52.6 Å². The highest BCUT2D eigenvalue weighted by Crippen LogP contribution is 2.33. The molecule has 1 saturated heterocycles. The van der Waals surface area contributed by atoms with Crippen LogP contribution in [-0.4, -0.2) is 35.0 Å². The summed E-state index contributed by atoms with van der Waals surface area (Å²) < 4.78 is 0. The fraction of sp³-hybridized carbons (Fsp3) is 0.562. The first kappa shape index (κ1) is 13.4. The Labute approximate surface area is 119 Å². The normalized spacial score (nSPS) is 23.1. The number of hydrogen-bond acceptors (Lipinski definition) is 3. The third-order valence-electron chi connectivity index (χ3n) is 4.36. The summed E-state index contributed by atoms with van der Waals surface area (Å²) in [6.07, 6.45) is 3.78. The molecule has 4 heteroatoms. The first-order valence-corrected chi connectivity index (χ1v) is 7.49. The second-order valence-electron chi connectivity index (χ2n) is 5.99. The number of rotatable bonds is 4. The molecule has 2 atom stereocenters. The average Bonchev–Trinajstić information content (AvgIpc) is 2.97. The molecule has 20 heavy (non-hydrogen) atoms. The van der Waals surface area contributed by atoms with Crippen molar-refractivity contribution < 1.29 is 9.90 Å². The number of phenols is 1. The Kier molecular flexibility index (Phi) is 3.66. The van der Waals surface area contributed by atoms with E-state index in [4.69, 9.17) is 0 Å². The lowest BCUT2D eigenvalue weighted by molar-refractivity contribution is -0.127. The molecule has 2 aliphatic rings. The Balaban J connectivity index is 1.60. The molecular weight excluding hydrogens is 252 g/mol. The fourth-order valence-corrected chi connectivity index (χ4v) is 3.40. The number of hydrogen-bond donors (Lipinski definition) is 2. The minimum Gasteiger partial charge on any atom is -0.508 e. The number of aromatic hydroxyl groups is 1. The highest BCUT2D eigenvalue weighted by molar-refractivity contribution is 5.78. The standard InChI is InChI=1S/C16H22N2O2/c1-11(10-18-8-2-3-16(18)20)17-15-7-4-12-9-13(19)5-6-14(12)15/h5-6,9,11,15,17,19H,2-4,7-8,10H2,1H3. The summed E-state index contributed by atoms with van der Waals surface area (Å²) in [5, 5.41) is 13.1. The van der Waals surface area contributed by atoms with Gasteiger partial charge in [0.15, 0.2) is 0 Å². The van der Waals surface area contributed by atoms with Crippen LogP contribution in [-0.2, 0) is 11.2 Å². The van der Waals surface area contributed by atoms with E-state index in [1.165, 1.54) is 11.1 Å². The second-order valence-corrected chi connectivity index (χ2v) is 5.99. The van der Waals surface area contributed by atoms with Crippen LogP contribution < -0.4 is 5.32 Å². The van der Waals surface area contributed by atoms with Crippen LogP contribution >= 0.6 is 0 Å². The molecule has 3 rings (SSSR count). The SMILES string of the molecule is CC(CN1CCCC1=O)NC1CCc2cc(O)ccc21. The number of nitrogens with zero attached hydrogens (tertiary/aromatic N) is 1. The number of aryl methyl sites for hydroxylation is 1. The van der Waals surface area contributed by atoms with E-state index in [2.05, 4.69) is 12.2 Å². The molecule has 1 aliphatic carbocycles. The van der Waals surface area contributed by atoms with Gasteiger partial charge in [-0.15, -0.1) is 0 Å². The molecule has 2 N–H and O–H groups in total. The van der Waals surface area contributed by atoms with Crippen molar-refractivity contribution in [2.75, 3.05) is 13.1 Å². The van der Waals surface area contributed by atoms with Gasteiger partial charge in [-0.1, -0.05) is 6.07 Å². The van der Waals surface area contributed by atoms with Crippen molar-refractivity contribution in [2.45, 2.75) is 44.7 Å².